The summed E-state index contributed by atoms with van der Waals surface area (Å²) in [5.74, 6) is 0.192. The first kappa shape index (κ1) is 18.3. The van der Waals surface area contributed by atoms with Crippen LogP contribution in [0.1, 0.15) is 36.6 Å². The summed E-state index contributed by atoms with van der Waals surface area (Å²) in [4.78, 5) is 14.2. The Morgan fingerprint density at radius 2 is 1.96 bits per heavy atom. The third-order valence-electron chi connectivity index (χ3n) is 4.13. The van der Waals surface area contributed by atoms with Crippen molar-refractivity contribution in [3.63, 3.8) is 0 Å². The molecule has 0 fully saturated rings. The molecule has 1 amide bonds. The first-order valence-corrected chi connectivity index (χ1v) is 8.60. The minimum Gasteiger partial charge on any atom is -0.383 e. The fraction of sp³-hybridized carbons (Fsp3) is 0.450. The largest absolute Gasteiger partial charge is 0.383 e. The van der Waals surface area contributed by atoms with E-state index in [1.165, 1.54) is 11.1 Å². The first-order chi connectivity index (χ1) is 11.6. The lowest BCUT2D eigenvalue weighted by molar-refractivity contribution is -0.132. The number of carbonyl (C=O) groups is 1. The van der Waals surface area contributed by atoms with Crippen molar-refractivity contribution in [3.8, 4) is 0 Å². The molecule has 2 aromatic rings. The molecule has 4 heteroatoms. The molecule has 0 N–H and O–H groups in total. The van der Waals surface area contributed by atoms with Gasteiger partial charge in [0.25, 0.3) is 0 Å². The fourth-order valence-corrected chi connectivity index (χ4v) is 2.70. The normalized spacial score (nSPS) is 10.8. The van der Waals surface area contributed by atoms with Crippen LogP contribution in [0.5, 0.6) is 0 Å². The van der Waals surface area contributed by atoms with Crippen molar-refractivity contribution < 1.29 is 9.53 Å². The minimum atomic E-state index is 0.192. The van der Waals surface area contributed by atoms with E-state index < -0.39 is 0 Å². The molecule has 1 aromatic carbocycles. The van der Waals surface area contributed by atoms with Gasteiger partial charge in [0.1, 0.15) is 0 Å². The van der Waals surface area contributed by atoms with Crippen molar-refractivity contribution in [1.29, 1.82) is 0 Å². The number of aromatic nitrogens is 1. The molecule has 4 nitrogen and oxygen atoms in total. The molecule has 0 unspecified atom stereocenters. The van der Waals surface area contributed by atoms with E-state index in [9.17, 15) is 4.79 Å². The van der Waals surface area contributed by atoms with Crippen LogP contribution in [0.2, 0.25) is 0 Å². The number of hydrogen-bond donors (Lipinski definition) is 0. The smallest absolute Gasteiger partial charge is 0.222 e. The Morgan fingerprint density at radius 1 is 1.21 bits per heavy atom. The van der Waals surface area contributed by atoms with Crippen molar-refractivity contribution >= 4 is 5.91 Å². The highest BCUT2D eigenvalue weighted by Crippen LogP contribution is 2.12. The zero-order chi connectivity index (χ0) is 17.4. The van der Waals surface area contributed by atoms with Gasteiger partial charge in [0.2, 0.25) is 5.91 Å². The molecule has 2 rings (SSSR count). The number of methoxy groups -OCH3 is 1. The maximum absolute atomic E-state index is 12.3. The number of benzene rings is 1. The summed E-state index contributed by atoms with van der Waals surface area (Å²) in [6.45, 7) is 6.77. The van der Waals surface area contributed by atoms with Crippen LogP contribution in [0, 0.1) is 6.92 Å². The van der Waals surface area contributed by atoms with E-state index in [1.54, 1.807) is 7.11 Å². The van der Waals surface area contributed by atoms with E-state index in [0.29, 0.717) is 26.1 Å². The van der Waals surface area contributed by atoms with Gasteiger partial charge in [-0.25, -0.2) is 0 Å². The van der Waals surface area contributed by atoms with E-state index in [1.807, 2.05) is 17.9 Å². The van der Waals surface area contributed by atoms with Crippen LogP contribution in [-0.2, 0) is 22.6 Å². The zero-order valence-corrected chi connectivity index (χ0v) is 15.0. The number of rotatable bonds is 9. The van der Waals surface area contributed by atoms with E-state index in [-0.39, 0.29) is 5.91 Å². The summed E-state index contributed by atoms with van der Waals surface area (Å²) in [6.07, 6.45) is 3.53. The highest BCUT2D eigenvalue weighted by molar-refractivity contribution is 5.76. The van der Waals surface area contributed by atoms with Gasteiger partial charge in [0, 0.05) is 38.5 Å². The lowest BCUT2D eigenvalue weighted by Gasteiger charge is -2.23. The van der Waals surface area contributed by atoms with Crippen LogP contribution < -0.4 is 0 Å². The number of ether oxygens (including phenoxy) is 1. The fourth-order valence-electron chi connectivity index (χ4n) is 2.70. The quantitative estimate of drug-likeness (QED) is 0.704. The first-order valence-electron chi connectivity index (χ1n) is 8.60. The summed E-state index contributed by atoms with van der Waals surface area (Å²) in [7, 11) is 1.67. The molecule has 0 saturated carbocycles. The summed E-state index contributed by atoms with van der Waals surface area (Å²) in [5.41, 5.74) is 3.68. The Balaban J connectivity index is 2.08. The summed E-state index contributed by atoms with van der Waals surface area (Å²) < 4.78 is 7.37. The lowest BCUT2D eigenvalue weighted by atomic mass is 10.1. The maximum Gasteiger partial charge on any atom is 0.222 e. The Hall–Kier alpha value is -2.07. The van der Waals surface area contributed by atoms with Gasteiger partial charge in [-0.2, -0.15) is 0 Å². The number of aryl methyl sites for hydroxylation is 1. The van der Waals surface area contributed by atoms with Crippen molar-refractivity contribution in [3.05, 3.63) is 59.4 Å². The number of carbonyl (C=O) groups excluding carboxylic acids is 1. The molecule has 0 saturated heterocycles. The second-order valence-electron chi connectivity index (χ2n) is 6.17. The van der Waals surface area contributed by atoms with Crippen LogP contribution in [0.15, 0.2) is 42.6 Å². The molecule has 0 atom stereocenters. The standard InChI is InChI=1S/C20H28N2O2/c1-4-6-20(23)22(13-14-24-3)16-19-7-5-12-21(19)15-18-10-8-17(2)9-11-18/h5,7-12H,4,6,13-16H2,1-3H3. The van der Waals surface area contributed by atoms with Crippen molar-refractivity contribution in [2.75, 3.05) is 20.3 Å². The molecule has 0 aliphatic heterocycles. The molecular formula is C20H28N2O2. The molecular weight excluding hydrogens is 300 g/mol. The molecule has 1 heterocycles. The predicted molar refractivity (Wildman–Crippen MR) is 96.9 cm³/mol. The lowest BCUT2D eigenvalue weighted by Crippen LogP contribution is -2.34. The molecule has 0 aliphatic rings. The van der Waals surface area contributed by atoms with Gasteiger partial charge in [0.15, 0.2) is 0 Å². The molecule has 24 heavy (non-hydrogen) atoms. The van der Waals surface area contributed by atoms with Gasteiger partial charge in [-0.3, -0.25) is 4.79 Å². The third-order valence-corrected chi connectivity index (χ3v) is 4.13. The van der Waals surface area contributed by atoms with Crippen molar-refractivity contribution in [2.45, 2.75) is 39.8 Å². The van der Waals surface area contributed by atoms with Crippen LogP contribution in [-0.4, -0.2) is 35.6 Å². The van der Waals surface area contributed by atoms with Crippen LogP contribution in [0.3, 0.4) is 0 Å². The number of nitrogens with zero attached hydrogens (tertiary/aromatic N) is 2. The SMILES string of the molecule is CCCC(=O)N(CCOC)Cc1cccn1Cc1ccc(C)cc1. The summed E-state index contributed by atoms with van der Waals surface area (Å²) >= 11 is 0. The maximum atomic E-state index is 12.3. The van der Waals surface area contributed by atoms with Crippen LogP contribution in [0.25, 0.3) is 0 Å². The van der Waals surface area contributed by atoms with Gasteiger partial charge >= 0.3 is 0 Å². The van der Waals surface area contributed by atoms with Crippen LogP contribution in [0.4, 0.5) is 0 Å². The molecule has 0 aliphatic carbocycles. The Kier molecular flexibility index (Phi) is 7.07. The van der Waals surface area contributed by atoms with Crippen molar-refractivity contribution in [2.24, 2.45) is 0 Å². The van der Waals surface area contributed by atoms with E-state index in [2.05, 4.69) is 48.0 Å². The summed E-state index contributed by atoms with van der Waals surface area (Å²) in [5, 5.41) is 0. The highest BCUT2D eigenvalue weighted by atomic mass is 16.5. The van der Waals surface area contributed by atoms with Gasteiger partial charge in [-0.15, -0.1) is 0 Å². The van der Waals surface area contributed by atoms with E-state index >= 15 is 0 Å². The second kappa shape index (κ2) is 9.28. The minimum absolute atomic E-state index is 0.192. The van der Waals surface area contributed by atoms with Gasteiger partial charge < -0.3 is 14.2 Å². The Labute approximate surface area is 145 Å². The Bertz CT molecular complexity index is 631. The van der Waals surface area contributed by atoms with Crippen LogP contribution >= 0.6 is 0 Å². The molecule has 0 spiro atoms. The highest BCUT2D eigenvalue weighted by Gasteiger charge is 2.14. The van der Waals surface area contributed by atoms with Gasteiger partial charge in [0.05, 0.1) is 13.2 Å². The topological polar surface area (TPSA) is 34.5 Å². The molecule has 130 valence electrons. The molecule has 0 bridgehead atoms. The molecule has 0 radical (unpaired) electrons. The number of hydrogen-bond acceptors (Lipinski definition) is 2. The number of amides is 1. The average molecular weight is 328 g/mol. The summed E-state index contributed by atoms with van der Waals surface area (Å²) in [6, 6.07) is 12.7. The third kappa shape index (κ3) is 5.24. The monoisotopic (exact) mass is 328 g/mol. The Morgan fingerprint density at radius 3 is 2.62 bits per heavy atom. The van der Waals surface area contributed by atoms with E-state index in [4.69, 9.17) is 4.74 Å². The van der Waals surface area contributed by atoms with Crippen molar-refractivity contribution in [1.82, 2.24) is 9.47 Å². The predicted octanol–water partition coefficient (Wildman–Crippen LogP) is 3.62. The van der Waals surface area contributed by atoms with E-state index in [0.717, 1.165) is 18.7 Å². The second-order valence-corrected chi connectivity index (χ2v) is 6.17. The van der Waals surface area contributed by atoms with Gasteiger partial charge in [-0.05, 0) is 31.0 Å². The van der Waals surface area contributed by atoms with Gasteiger partial charge in [-0.1, -0.05) is 36.8 Å². The molecule has 1 aromatic heterocycles. The average Bonchev–Trinajstić information content (AvgIpc) is 3.00. The zero-order valence-electron chi connectivity index (χ0n) is 15.0.